The van der Waals surface area contributed by atoms with E-state index in [4.69, 9.17) is 35.9 Å². The third kappa shape index (κ3) is 8.62. The Kier molecular flexibility index (Phi) is 11.2. The normalized spacial score (nSPS) is 21.9. The molecule has 3 unspecified atom stereocenters. The molecule has 282 valence electrons. The van der Waals surface area contributed by atoms with Gasteiger partial charge in [-0.3, -0.25) is 18.9 Å². The summed E-state index contributed by atoms with van der Waals surface area (Å²) in [4.78, 5) is 27.9. The lowest BCUT2D eigenvalue weighted by Crippen LogP contribution is -2.47. The Morgan fingerprint density at radius 3 is 2.58 bits per heavy atom. The number of hydrogen-bond acceptors (Lipinski definition) is 15. The lowest BCUT2D eigenvalue weighted by molar-refractivity contribution is -0.151. The van der Waals surface area contributed by atoms with Gasteiger partial charge in [0.05, 0.1) is 24.2 Å². The number of ether oxygens (including phenoxy) is 2. The molecule has 6 N–H and O–H groups in total. The molecule has 0 bridgehead atoms. The predicted molar refractivity (Wildman–Crippen MR) is 186 cm³/mol. The number of rotatable bonds is 14. The van der Waals surface area contributed by atoms with Gasteiger partial charge in [0, 0.05) is 12.6 Å². The molecule has 0 saturated carbocycles. The third-order valence-corrected chi connectivity index (χ3v) is 10.5. The number of nitrogen functional groups attached to an aromatic ring is 1. The highest BCUT2D eigenvalue weighted by molar-refractivity contribution is 7.88. The number of aliphatic hydroxyl groups is 2. The highest BCUT2D eigenvalue weighted by Crippen LogP contribution is 2.48. The molecule has 18 nitrogen and oxygen atoms in total. The minimum atomic E-state index is -4.55. The zero-order valence-corrected chi connectivity index (χ0v) is 30.9. The minimum Gasteiger partial charge on any atom is -0.459 e. The van der Waals surface area contributed by atoms with Gasteiger partial charge in [-0.05, 0) is 45.0 Å². The summed E-state index contributed by atoms with van der Waals surface area (Å²) in [6, 6.07) is 11.9. The number of imidazole rings is 1. The van der Waals surface area contributed by atoms with Gasteiger partial charge in [0.25, 0.3) is 0 Å². The molecule has 3 heterocycles. The molecule has 2 aromatic heterocycles. The van der Waals surface area contributed by atoms with Crippen LogP contribution >= 0.6 is 19.3 Å². The Hall–Kier alpha value is -3.98. The van der Waals surface area contributed by atoms with Crippen LogP contribution in [0.1, 0.15) is 32.6 Å². The Labute approximate surface area is 302 Å². The van der Waals surface area contributed by atoms with E-state index in [9.17, 15) is 32.4 Å². The summed E-state index contributed by atoms with van der Waals surface area (Å²) in [5.41, 5.74) is 2.13. The first-order valence-electron chi connectivity index (χ1n) is 15.4. The van der Waals surface area contributed by atoms with Crippen LogP contribution in [0.15, 0.2) is 54.9 Å². The fraction of sp³-hybridized carbons (Fsp3) is 0.400. The number of carbonyl (C=O) groups excluding carboxylic acids is 1. The number of nitrogens with two attached hydrogens (primary N) is 1. The fourth-order valence-corrected chi connectivity index (χ4v) is 7.73. The zero-order valence-electron chi connectivity index (χ0n) is 28.4. The summed E-state index contributed by atoms with van der Waals surface area (Å²) in [5, 5.41) is 26.4. The minimum absolute atomic E-state index is 0.0142. The van der Waals surface area contributed by atoms with Crippen molar-refractivity contribution in [2.45, 2.75) is 57.0 Å². The van der Waals surface area contributed by atoms with Crippen molar-refractivity contribution < 1.29 is 50.9 Å². The highest BCUT2D eigenvalue weighted by Gasteiger charge is 2.54. The van der Waals surface area contributed by atoms with E-state index in [-0.39, 0.29) is 39.3 Å². The third-order valence-electron chi connectivity index (χ3n) is 7.76. The molecular weight excluding hydrogens is 750 g/mol. The molecule has 1 aliphatic heterocycles. The van der Waals surface area contributed by atoms with E-state index in [1.54, 1.807) is 18.2 Å². The molecule has 22 heteroatoms. The number of aliphatic hydroxyl groups excluding tert-OH is 1. The van der Waals surface area contributed by atoms with Crippen molar-refractivity contribution >= 4 is 58.3 Å². The molecule has 0 amide bonds. The van der Waals surface area contributed by atoms with Gasteiger partial charge in [0.15, 0.2) is 23.2 Å². The molecule has 52 heavy (non-hydrogen) atoms. The first-order valence-corrected chi connectivity index (χ1v) is 19.2. The van der Waals surface area contributed by atoms with Gasteiger partial charge in [0.1, 0.15) is 41.5 Å². The largest absolute Gasteiger partial charge is 0.459 e. The summed E-state index contributed by atoms with van der Waals surface area (Å²) in [7, 11) is -6.91. The zero-order chi connectivity index (χ0) is 38.2. The van der Waals surface area contributed by atoms with Gasteiger partial charge < -0.3 is 29.9 Å². The summed E-state index contributed by atoms with van der Waals surface area (Å²) >= 11 is 6.06. The van der Waals surface area contributed by atoms with Gasteiger partial charge >= 0.3 is 13.7 Å². The van der Waals surface area contributed by atoms with Gasteiger partial charge in [-0.15, -0.1) is 4.83 Å². The number of fused-ring (bicyclic) bond motifs is 1. The van der Waals surface area contributed by atoms with E-state index in [0.29, 0.717) is 0 Å². The Morgan fingerprint density at radius 2 is 1.92 bits per heavy atom. The lowest BCUT2D eigenvalue weighted by Gasteiger charge is -2.30. The molecule has 5 atom stereocenters. The summed E-state index contributed by atoms with van der Waals surface area (Å²) in [5.74, 6) is -1.85. The molecule has 2 aromatic carbocycles. The molecule has 4 aromatic rings. The summed E-state index contributed by atoms with van der Waals surface area (Å²) < 4.78 is 76.3. The van der Waals surface area contributed by atoms with Crippen molar-refractivity contribution in [3.05, 3.63) is 71.3 Å². The van der Waals surface area contributed by atoms with Crippen molar-refractivity contribution in [2.75, 3.05) is 30.7 Å². The van der Waals surface area contributed by atoms with Crippen LogP contribution < -0.4 is 25.2 Å². The number of hydrogen-bond donors (Lipinski definition) is 5. The quantitative estimate of drug-likeness (QED) is 0.0700. The fourth-order valence-electron chi connectivity index (χ4n) is 5.24. The number of nitrogens with one attached hydrogen (secondary N) is 2. The molecule has 0 aliphatic carbocycles. The number of nitrogens with zero attached hydrogens (tertiary/aromatic N) is 5. The number of para-hydroxylation sites is 1. The average Bonchev–Trinajstić information content (AvgIpc) is 3.55. The van der Waals surface area contributed by atoms with E-state index in [2.05, 4.69) is 24.9 Å². The maximum atomic E-state index is 14.3. The molecular formula is C30H37ClFN8O10PS. The number of sulfonamides is 1. The maximum Gasteiger partial charge on any atom is 0.459 e. The molecule has 0 radical (unpaired) electrons. The van der Waals surface area contributed by atoms with E-state index in [0.717, 1.165) is 17.3 Å². The number of benzene rings is 2. The standard InChI is InChI=1S/C30H37ClFN8O10PS/c1-29(2,27(42)47-14-18-19(31)12-9-13-20(18)32)37-51(44,50-17-10-7-6-8-11-17)48-15-21-23(41)30(3,43)26(49-21)40-16-34-22-24(35-28(33)36-25(22)40)39(4)38-52(5,45)46/h6-13,16,21,23,26,38,41,43H,14-15H2,1-5H3,(H,37,44)(H2,33,35,36)/t21?,23-,26?,30-,51?/m1/s1. The first kappa shape index (κ1) is 39.2. The average molecular weight is 787 g/mol. The first-order chi connectivity index (χ1) is 24.2. The second-order valence-electron chi connectivity index (χ2n) is 12.6. The van der Waals surface area contributed by atoms with Crippen molar-refractivity contribution in [1.29, 1.82) is 0 Å². The van der Waals surface area contributed by atoms with Crippen LogP contribution in [0.3, 0.4) is 0 Å². The van der Waals surface area contributed by atoms with Crippen LogP contribution in [0.4, 0.5) is 16.2 Å². The number of halogens is 2. The van der Waals surface area contributed by atoms with Crippen molar-refractivity contribution in [2.24, 2.45) is 0 Å². The Bertz CT molecular complexity index is 2090. The van der Waals surface area contributed by atoms with Crippen LogP contribution in [-0.2, 0) is 40.0 Å². The number of anilines is 2. The smallest absolute Gasteiger partial charge is 0.459 e. The van der Waals surface area contributed by atoms with E-state index in [1.807, 2.05) is 0 Å². The molecule has 1 fully saturated rings. The second-order valence-corrected chi connectivity index (χ2v) is 16.4. The number of esters is 1. The maximum absolute atomic E-state index is 14.3. The molecule has 5 rings (SSSR count). The predicted octanol–water partition coefficient (Wildman–Crippen LogP) is 2.43. The molecule has 1 aliphatic rings. The van der Waals surface area contributed by atoms with Gasteiger partial charge in [0.2, 0.25) is 16.0 Å². The molecule has 0 spiro atoms. The van der Waals surface area contributed by atoms with E-state index in [1.165, 1.54) is 63.0 Å². The van der Waals surface area contributed by atoms with Crippen molar-refractivity contribution in [3.8, 4) is 5.75 Å². The van der Waals surface area contributed by atoms with Gasteiger partial charge in [-0.1, -0.05) is 35.9 Å². The van der Waals surface area contributed by atoms with Crippen LogP contribution in [0.5, 0.6) is 5.75 Å². The van der Waals surface area contributed by atoms with Crippen molar-refractivity contribution in [3.63, 3.8) is 0 Å². The van der Waals surface area contributed by atoms with Crippen LogP contribution in [0, 0.1) is 5.82 Å². The van der Waals surface area contributed by atoms with Crippen LogP contribution in [-0.4, -0.2) is 87.4 Å². The number of carbonyl (C=O) groups is 1. The number of hydrazine groups is 1. The van der Waals surface area contributed by atoms with Gasteiger partial charge in [-0.25, -0.2) is 22.4 Å². The topological polar surface area (TPSA) is 243 Å². The Morgan fingerprint density at radius 1 is 1.23 bits per heavy atom. The van der Waals surface area contributed by atoms with Crippen molar-refractivity contribution in [1.82, 2.24) is 29.4 Å². The van der Waals surface area contributed by atoms with Gasteiger partial charge in [-0.2, -0.15) is 15.1 Å². The SMILES string of the molecule is CN(NS(C)(=O)=O)c1nc(N)nc2c1ncn2C1OC(COP(=O)(NC(C)(C)C(=O)OCc2c(F)cccc2Cl)Oc2ccccc2)[C@@H](O)[C@@]1(C)O. The summed E-state index contributed by atoms with van der Waals surface area (Å²) in [6.45, 7) is 2.76. The number of aromatic nitrogens is 4. The Balaban J connectivity index is 1.37. The monoisotopic (exact) mass is 786 g/mol. The van der Waals surface area contributed by atoms with E-state index < -0.39 is 72.3 Å². The second kappa shape index (κ2) is 14.8. The lowest BCUT2D eigenvalue weighted by atomic mass is 9.96. The highest BCUT2D eigenvalue weighted by atomic mass is 35.5. The molecule has 1 saturated heterocycles. The van der Waals surface area contributed by atoms with E-state index >= 15 is 0 Å². The van der Waals surface area contributed by atoms with Crippen LogP contribution in [0.25, 0.3) is 11.2 Å². The summed E-state index contributed by atoms with van der Waals surface area (Å²) in [6.07, 6.45) is -2.27. The van der Waals surface area contributed by atoms with Crippen LogP contribution in [0.2, 0.25) is 5.02 Å².